The minimum Gasteiger partial charge on any atom is -0.494 e. The van der Waals surface area contributed by atoms with Crippen LogP contribution >= 0.6 is 33.9 Å². The maximum absolute atomic E-state index is 12.4. The van der Waals surface area contributed by atoms with Gasteiger partial charge < -0.3 is 20.1 Å². The molecule has 0 aromatic carbocycles. The summed E-state index contributed by atoms with van der Waals surface area (Å²) in [6.07, 6.45) is 13.3. The number of carbonyl (C=O) groups is 2. The number of amides is 2. The third-order valence-corrected chi connectivity index (χ3v) is 9.02. The summed E-state index contributed by atoms with van der Waals surface area (Å²) in [5.74, 6) is -0.931. The highest BCUT2D eigenvalue weighted by atomic mass is 127. The summed E-state index contributed by atoms with van der Waals surface area (Å²) >= 11 is 3.85. The molecule has 2 fully saturated rings. The van der Waals surface area contributed by atoms with Crippen molar-refractivity contribution in [2.45, 2.75) is 55.6 Å². The summed E-state index contributed by atoms with van der Waals surface area (Å²) in [7, 11) is 0. The van der Waals surface area contributed by atoms with Crippen LogP contribution in [0.3, 0.4) is 0 Å². The molecule has 2 heterocycles. The Kier molecular flexibility index (Phi) is 9.02. The first-order valence-corrected chi connectivity index (χ1v) is 14.4. The molecular formula is C26H30IN5O4S. The average Bonchev–Trinajstić information content (AvgIpc) is 3.48. The third kappa shape index (κ3) is 6.78. The number of allylic oxidation sites excluding steroid dienone is 7. The van der Waals surface area contributed by atoms with E-state index in [1.807, 2.05) is 32.1 Å². The lowest BCUT2D eigenvalue weighted by Crippen LogP contribution is -2.57. The number of rotatable bonds is 8. The van der Waals surface area contributed by atoms with Crippen molar-refractivity contribution in [3.8, 4) is 6.07 Å². The second-order valence-electron chi connectivity index (χ2n) is 9.62. The lowest BCUT2D eigenvalue weighted by atomic mass is 9.94. The number of aromatic nitrogens is 2. The van der Waals surface area contributed by atoms with E-state index in [0.29, 0.717) is 12.2 Å². The number of carboxylic acids is 1. The molecular weight excluding hydrogens is 605 g/mol. The smallest absolute Gasteiger partial charge is 0.317 e. The first-order chi connectivity index (χ1) is 17.7. The molecule has 9 nitrogen and oxygen atoms in total. The summed E-state index contributed by atoms with van der Waals surface area (Å²) in [5.41, 5.74) is 2.16. The fraction of sp³-hybridized carbons (Fsp3) is 0.500. The molecule has 0 radical (unpaired) electrons. The lowest BCUT2D eigenvalue weighted by molar-refractivity contribution is -0.146. The van der Waals surface area contributed by atoms with E-state index in [1.165, 1.54) is 16.9 Å². The Labute approximate surface area is 234 Å². The van der Waals surface area contributed by atoms with Crippen LogP contribution in [0.5, 0.6) is 0 Å². The van der Waals surface area contributed by atoms with Gasteiger partial charge in [-0.1, -0.05) is 58.2 Å². The van der Waals surface area contributed by atoms with E-state index in [1.54, 1.807) is 4.90 Å². The fourth-order valence-corrected chi connectivity index (χ4v) is 6.04. The van der Waals surface area contributed by atoms with Crippen molar-refractivity contribution >= 4 is 51.5 Å². The van der Waals surface area contributed by atoms with Crippen LogP contribution in [-0.4, -0.2) is 57.4 Å². The van der Waals surface area contributed by atoms with Crippen molar-refractivity contribution in [2.75, 3.05) is 13.1 Å². The Morgan fingerprint density at radius 2 is 2.14 bits per heavy atom. The molecule has 2 aliphatic carbocycles. The van der Waals surface area contributed by atoms with Crippen LogP contribution in [-0.2, 0) is 9.53 Å². The quantitative estimate of drug-likeness (QED) is 0.304. The minimum atomic E-state index is -0.851. The first kappa shape index (κ1) is 27.3. The van der Waals surface area contributed by atoms with Crippen molar-refractivity contribution < 1.29 is 19.4 Å². The Balaban J connectivity index is 1.34. The molecule has 3 aliphatic rings. The number of carbonyl (C=O) groups excluding carboxylic acids is 1. The van der Waals surface area contributed by atoms with Crippen LogP contribution < -0.4 is 5.32 Å². The second-order valence-corrected chi connectivity index (χ2v) is 12.0. The number of halogens is 1. The molecule has 2 amide bonds. The Hall–Kier alpha value is -2.72. The number of alkyl halides is 1. The van der Waals surface area contributed by atoms with Crippen molar-refractivity contribution in [2.24, 2.45) is 11.8 Å². The van der Waals surface area contributed by atoms with E-state index in [9.17, 15) is 14.9 Å². The number of ether oxygens (including phenoxy) is 1. The van der Waals surface area contributed by atoms with Crippen LogP contribution in [0, 0.1) is 23.2 Å². The normalized spacial score (nSPS) is 24.0. The Bertz CT molecular complexity index is 1190. The van der Waals surface area contributed by atoms with Gasteiger partial charge in [0.1, 0.15) is 21.7 Å². The summed E-state index contributed by atoms with van der Waals surface area (Å²) in [5, 5.41) is 32.1. The van der Waals surface area contributed by atoms with Crippen molar-refractivity contribution in [3.63, 3.8) is 0 Å². The van der Waals surface area contributed by atoms with E-state index < -0.39 is 11.9 Å². The topological polar surface area (TPSA) is 128 Å². The summed E-state index contributed by atoms with van der Waals surface area (Å²) < 4.78 is 5.81. The number of likely N-dealkylation sites (tertiary alicyclic amines) is 1. The molecule has 11 heteroatoms. The highest BCUT2D eigenvalue weighted by Gasteiger charge is 2.36. The standard InChI is InChI=1S/C26H30IN5O4S/c1-15(2)36-22-10-9-17(11-18(22)12-28)23-30-31-24(37-23)20(27)7-3-5-16-6-4-8-21(16)29-26(35)32-13-19(14-32)25(33)34/h3,5,7,9-10,15,18-21H,4,6,8,11,13-14H2,1-2H3,(H,29,35)(H,33,34)/b7-3-,16-5+. The molecule has 0 spiro atoms. The molecule has 3 unspecified atom stereocenters. The first-order valence-electron chi connectivity index (χ1n) is 12.4. The molecule has 1 saturated heterocycles. The van der Waals surface area contributed by atoms with Crippen molar-refractivity contribution in [1.29, 1.82) is 5.26 Å². The predicted molar refractivity (Wildman–Crippen MR) is 149 cm³/mol. The van der Waals surface area contributed by atoms with Gasteiger partial charge in [0.15, 0.2) is 0 Å². The van der Waals surface area contributed by atoms with Gasteiger partial charge in [-0.25, -0.2) is 4.79 Å². The number of hydrogen-bond donors (Lipinski definition) is 2. The van der Waals surface area contributed by atoms with Crippen LogP contribution in [0.25, 0.3) is 5.57 Å². The van der Waals surface area contributed by atoms with Gasteiger partial charge in [0.2, 0.25) is 0 Å². The van der Waals surface area contributed by atoms with Crippen LogP contribution in [0.2, 0.25) is 0 Å². The molecule has 1 aliphatic heterocycles. The van der Waals surface area contributed by atoms with Crippen LogP contribution in [0.1, 0.15) is 53.5 Å². The summed E-state index contributed by atoms with van der Waals surface area (Å²) in [6, 6.07) is 2.11. The average molecular weight is 636 g/mol. The number of urea groups is 1. The van der Waals surface area contributed by atoms with Gasteiger partial charge in [0.05, 0.1) is 28.1 Å². The highest BCUT2D eigenvalue weighted by Crippen LogP contribution is 2.36. The van der Waals surface area contributed by atoms with Crippen LogP contribution in [0.15, 0.2) is 41.7 Å². The molecule has 196 valence electrons. The zero-order valence-corrected chi connectivity index (χ0v) is 23.7. The molecule has 3 atom stereocenters. The molecule has 37 heavy (non-hydrogen) atoms. The SMILES string of the molecule is CC(C)OC1=CC=C(c2nnc(C(I)/C=C\C=C3/CCCC3NC(=O)N3CC(C(=O)O)C3)s2)CC1C#N. The summed E-state index contributed by atoms with van der Waals surface area (Å²) in [4.78, 5) is 24.9. The van der Waals surface area contributed by atoms with Gasteiger partial charge in [-0.15, -0.1) is 10.2 Å². The third-order valence-electron chi connectivity index (χ3n) is 6.51. The summed E-state index contributed by atoms with van der Waals surface area (Å²) in [6.45, 7) is 4.43. The van der Waals surface area contributed by atoms with E-state index in [4.69, 9.17) is 9.84 Å². The fourth-order valence-electron chi connectivity index (χ4n) is 4.46. The second kappa shape index (κ2) is 12.2. The molecule has 1 aromatic rings. The lowest BCUT2D eigenvalue weighted by Gasteiger charge is -2.37. The van der Waals surface area contributed by atoms with E-state index in [-0.39, 0.29) is 41.1 Å². The zero-order chi connectivity index (χ0) is 26.5. The number of nitrogens with zero attached hydrogens (tertiary/aromatic N) is 4. The number of nitriles is 1. The number of nitrogens with one attached hydrogen (secondary N) is 1. The van der Waals surface area contributed by atoms with Gasteiger partial charge in [0.25, 0.3) is 0 Å². The minimum absolute atomic E-state index is 0.0224. The van der Waals surface area contributed by atoms with Crippen molar-refractivity contribution in [3.05, 3.63) is 51.7 Å². The maximum atomic E-state index is 12.4. The maximum Gasteiger partial charge on any atom is 0.317 e. The Morgan fingerprint density at radius 3 is 2.84 bits per heavy atom. The monoisotopic (exact) mass is 635 g/mol. The van der Waals surface area contributed by atoms with E-state index >= 15 is 0 Å². The van der Waals surface area contributed by atoms with E-state index in [0.717, 1.165) is 34.9 Å². The number of hydrogen-bond acceptors (Lipinski definition) is 7. The van der Waals surface area contributed by atoms with Gasteiger partial charge in [0, 0.05) is 13.1 Å². The van der Waals surface area contributed by atoms with Gasteiger partial charge in [-0.05, 0) is 56.8 Å². The molecule has 1 saturated carbocycles. The highest BCUT2D eigenvalue weighted by molar-refractivity contribution is 14.1. The molecule has 2 N–H and O–H groups in total. The van der Waals surface area contributed by atoms with Gasteiger partial charge >= 0.3 is 12.0 Å². The number of aliphatic carboxylic acids is 1. The van der Waals surface area contributed by atoms with Gasteiger partial charge in [-0.3, -0.25) is 4.79 Å². The molecule has 0 bridgehead atoms. The zero-order valence-electron chi connectivity index (χ0n) is 20.8. The molecule has 4 rings (SSSR count). The Morgan fingerprint density at radius 1 is 1.35 bits per heavy atom. The van der Waals surface area contributed by atoms with E-state index in [2.05, 4.69) is 56.3 Å². The van der Waals surface area contributed by atoms with Crippen LogP contribution in [0.4, 0.5) is 4.79 Å². The van der Waals surface area contributed by atoms with Crippen molar-refractivity contribution in [1.82, 2.24) is 20.4 Å². The molecule has 1 aromatic heterocycles. The van der Waals surface area contributed by atoms with Gasteiger partial charge in [-0.2, -0.15) is 5.26 Å². The largest absolute Gasteiger partial charge is 0.494 e. The number of carboxylic acid groups (broad SMARTS) is 1. The predicted octanol–water partition coefficient (Wildman–Crippen LogP) is 5.01.